The number of likely N-dealkylation sites (tertiary alicyclic amines) is 2. The normalized spacial score (nSPS) is 30.1. The number of nitrogens with zero attached hydrogens (tertiary/aromatic N) is 2. The molecule has 2 aliphatic rings. The van der Waals surface area contributed by atoms with Gasteiger partial charge in [0.15, 0.2) is 0 Å². The van der Waals surface area contributed by atoms with E-state index in [2.05, 4.69) is 16.7 Å². The molecule has 0 spiro atoms. The van der Waals surface area contributed by atoms with Crippen molar-refractivity contribution >= 4 is 18.3 Å². The largest absolute Gasteiger partial charge is 0.369 e. The van der Waals surface area contributed by atoms with E-state index in [9.17, 15) is 4.79 Å². The maximum absolute atomic E-state index is 11.2. The van der Waals surface area contributed by atoms with Gasteiger partial charge in [0.05, 0.1) is 5.92 Å². The van der Waals surface area contributed by atoms with Crippen LogP contribution in [0.2, 0.25) is 0 Å². The summed E-state index contributed by atoms with van der Waals surface area (Å²) >= 11 is 0. The highest BCUT2D eigenvalue weighted by atomic mass is 35.5. The van der Waals surface area contributed by atoms with Crippen LogP contribution in [0.1, 0.15) is 26.2 Å². The van der Waals surface area contributed by atoms with E-state index in [4.69, 9.17) is 5.73 Å². The van der Waals surface area contributed by atoms with E-state index in [0.717, 1.165) is 26.2 Å². The van der Waals surface area contributed by atoms with Crippen molar-refractivity contribution in [3.8, 4) is 0 Å². The van der Waals surface area contributed by atoms with Crippen LogP contribution in [0.25, 0.3) is 0 Å². The van der Waals surface area contributed by atoms with Gasteiger partial charge in [-0.05, 0) is 31.8 Å². The number of piperidine rings is 1. The third-order valence-corrected chi connectivity index (χ3v) is 4.23. The molecule has 0 aromatic heterocycles. The average molecular weight is 276 g/mol. The van der Waals surface area contributed by atoms with Crippen LogP contribution < -0.4 is 5.73 Å². The molecule has 4 nitrogen and oxygen atoms in total. The summed E-state index contributed by atoms with van der Waals surface area (Å²) in [7, 11) is 0. The molecule has 2 saturated heterocycles. The minimum absolute atomic E-state index is 0. The predicted molar refractivity (Wildman–Crippen MR) is 75.8 cm³/mol. The van der Waals surface area contributed by atoms with Crippen molar-refractivity contribution in [2.45, 2.75) is 26.2 Å². The van der Waals surface area contributed by atoms with Crippen LogP contribution in [-0.2, 0) is 4.79 Å². The fourth-order valence-electron chi connectivity index (χ4n) is 3.09. The average Bonchev–Trinajstić information content (AvgIpc) is 2.69. The molecule has 2 atom stereocenters. The fraction of sp³-hybridized carbons (Fsp3) is 0.923. The summed E-state index contributed by atoms with van der Waals surface area (Å²) in [6.45, 7) is 8.78. The molecule has 2 aliphatic heterocycles. The number of nitrogens with two attached hydrogens (primary N) is 1. The van der Waals surface area contributed by atoms with Crippen LogP contribution >= 0.6 is 12.4 Å². The third kappa shape index (κ3) is 4.11. The van der Waals surface area contributed by atoms with Crippen molar-refractivity contribution in [1.29, 1.82) is 0 Å². The first-order valence-electron chi connectivity index (χ1n) is 6.91. The minimum atomic E-state index is -0.127. The lowest BCUT2D eigenvalue weighted by molar-refractivity contribution is -0.122. The van der Waals surface area contributed by atoms with Gasteiger partial charge in [0.2, 0.25) is 5.91 Å². The lowest BCUT2D eigenvalue weighted by Crippen LogP contribution is -2.37. The minimum Gasteiger partial charge on any atom is -0.369 e. The van der Waals surface area contributed by atoms with Gasteiger partial charge in [0.1, 0.15) is 0 Å². The molecule has 106 valence electrons. The molecule has 2 heterocycles. The highest BCUT2D eigenvalue weighted by Gasteiger charge is 2.33. The lowest BCUT2D eigenvalue weighted by Gasteiger charge is -2.28. The van der Waals surface area contributed by atoms with E-state index in [0.29, 0.717) is 5.92 Å². The van der Waals surface area contributed by atoms with E-state index in [-0.39, 0.29) is 24.2 Å². The number of amides is 1. The molecule has 2 fully saturated rings. The van der Waals surface area contributed by atoms with Gasteiger partial charge < -0.3 is 15.5 Å². The Morgan fingerprint density at radius 1 is 1.11 bits per heavy atom. The number of primary amides is 1. The molecule has 0 aromatic rings. The first kappa shape index (κ1) is 15.7. The van der Waals surface area contributed by atoms with Crippen LogP contribution in [-0.4, -0.2) is 55.0 Å². The molecule has 0 aromatic carbocycles. The lowest BCUT2D eigenvalue weighted by atomic mass is 9.98. The van der Waals surface area contributed by atoms with E-state index in [1.165, 1.54) is 32.4 Å². The first-order valence-corrected chi connectivity index (χ1v) is 6.91. The maximum atomic E-state index is 11.2. The van der Waals surface area contributed by atoms with Crippen molar-refractivity contribution in [1.82, 2.24) is 9.80 Å². The Labute approximate surface area is 116 Å². The van der Waals surface area contributed by atoms with Crippen LogP contribution in [0.5, 0.6) is 0 Å². The van der Waals surface area contributed by atoms with Crippen molar-refractivity contribution in [3.63, 3.8) is 0 Å². The Kier molecular flexibility index (Phi) is 6.39. The van der Waals surface area contributed by atoms with Gasteiger partial charge in [0, 0.05) is 26.2 Å². The molecular weight excluding hydrogens is 250 g/mol. The van der Waals surface area contributed by atoms with Crippen LogP contribution in [0, 0.1) is 11.8 Å². The molecule has 5 heteroatoms. The molecule has 0 aliphatic carbocycles. The van der Waals surface area contributed by atoms with Gasteiger partial charge in [-0.25, -0.2) is 0 Å². The number of hydrogen-bond acceptors (Lipinski definition) is 3. The summed E-state index contributed by atoms with van der Waals surface area (Å²) in [6, 6.07) is 0. The second-order valence-electron chi connectivity index (χ2n) is 5.65. The molecule has 18 heavy (non-hydrogen) atoms. The first-order chi connectivity index (χ1) is 8.16. The summed E-state index contributed by atoms with van der Waals surface area (Å²) in [5, 5.41) is 0. The zero-order valence-corrected chi connectivity index (χ0v) is 12.1. The van der Waals surface area contributed by atoms with Gasteiger partial charge >= 0.3 is 0 Å². The zero-order chi connectivity index (χ0) is 12.3. The molecule has 0 radical (unpaired) electrons. The van der Waals surface area contributed by atoms with E-state index in [1.807, 2.05) is 0 Å². The second kappa shape index (κ2) is 7.31. The molecule has 0 unspecified atom stereocenters. The molecule has 2 rings (SSSR count). The Morgan fingerprint density at radius 3 is 2.28 bits per heavy atom. The van der Waals surface area contributed by atoms with Crippen molar-refractivity contribution in [2.75, 3.05) is 39.3 Å². The number of hydrogen-bond donors (Lipinski definition) is 1. The van der Waals surface area contributed by atoms with Crippen molar-refractivity contribution < 1.29 is 4.79 Å². The molecule has 0 saturated carbocycles. The molecule has 0 bridgehead atoms. The van der Waals surface area contributed by atoms with Gasteiger partial charge in [-0.15, -0.1) is 12.4 Å². The van der Waals surface area contributed by atoms with Crippen LogP contribution in [0.4, 0.5) is 0 Å². The van der Waals surface area contributed by atoms with E-state index in [1.54, 1.807) is 0 Å². The zero-order valence-electron chi connectivity index (χ0n) is 11.3. The van der Waals surface area contributed by atoms with Crippen LogP contribution in [0.15, 0.2) is 0 Å². The monoisotopic (exact) mass is 275 g/mol. The van der Waals surface area contributed by atoms with Crippen molar-refractivity contribution in [2.24, 2.45) is 17.6 Å². The fourth-order valence-corrected chi connectivity index (χ4v) is 3.09. The molecule has 1 amide bonds. The standard InChI is InChI=1S/C13H25N3O.ClH/c1-11-9-16(10-12(11)13(14)17)8-7-15-5-3-2-4-6-15;/h11-12H,2-10H2,1H3,(H2,14,17);1H/t11-,12-;/m1./s1. The molecular formula is C13H26ClN3O. The number of carbonyl (C=O) groups is 1. The predicted octanol–water partition coefficient (Wildman–Crippen LogP) is 0.947. The van der Waals surface area contributed by atoms with Gasteiger partial charge in [0.25, 0.3) is 0 Å². The summed E-state index contributed by atoms with van der Waals surface area (Å²) in [6.07, 6.45) is 4.08. The Morgan fingerprint density at radius 2 is 1.72 bits per heavy atom. The summed E-state index contributed by atoms with van der Waals surface area (Å²) in [4.78, 5) is 16.2. The second-order valence-corrected chi connectivity index (χ2v) is 5.65. The summed E-state index contributed by atoms with van der Waals surface area (Å²) < 4.78 is 0. The smallest absolute Gasteiger partial charge is 0.222 e. The van der Waals surface area contributed by atoms with E-state index >= 15 is 0 Å². The summed E-state index contributed by atoms with van der Waals surface area (Å²) in [5.74, 6) is 0.364. The number of carbonyl (C=O) groups excluding carboxylic acids is 1. The SMILES string of the molecule is C[C@@H]1CN(CCN2CCCCC2)C[C@H]1C(N)=O.Cl. The van der Waals surface area contributed by atoms with Gasteiger partial charge in [-0.3, -0.25) is 4.79 Å². The Bertz CT molecular complexity index is 269. The number of rotatable bonds is 4. The third-order valence-electron chi connectivity index (χ3n) is 4.23. The van der Waals surface area contributed by atoms with Crippen molar-refractivity contribution in [3.05, 3.63) is 0 Å². The maximum Gasteiger partial charge on any atom is 0.222 e. The van der Waals surface area contributed by atoms with Gasteiger partial charge in [-0.2, -0.15) is 0 Å². The Balaban J connectivity index is 0.00000162. The van der Waals surface area contributed by atoms with Gasteiger partial charge in [-0.1, -0.05) is 13.3 Å². The topological polar surface area (TPSA) is 49.6 Å². The van der Waals surface area contributed by atoms with E-state index < -0.39 is 0 Å². The molecule has 2 N–H and O–H groups in total. The Hall–Kier alpha value is -0.320. The quantitative estimate of drug-likeness (QED) is 0.831. The highest BCUT2D eigenvalue weighted by Crippen LogP contribution is 2.22. The summed E-state index contributed by atoms with van der Waals surface area (Å²) in [5.41, 5.74) is 5.41. The number of halogens is 1. The highest BCUT2D eigenvalue weighted by molar-refractivity contribution is 5.85. The van der Waals surface area contributed by atoms with Crippen LogP contribution in [0.3, 0.4) is 0 Å².